The summed E-state index contributed by atoms with van der Waals surface area (Å²) < 4.78 is 41.9. The molecule has 0 aliphatic carbocycles. The number of hydrogen-bond donors (Lipinski definition) is 3. The van der Waals surface area contributed by atoms with Gasteiger partial charge in [0.1, 0.15) is 5.75 Å². The van der Waals surface area contributed by atoms with Crippen molar-refractivity contribution in [2.24, 2.45) is 0 Å². The molecule has 5 nitrogen and oxygen atoms in total. The second-order valence-electron chi connectivity index (χ2n) is 5.86. The number of anilines is 1. The molecule has 0 amide bonds. The van der Waals surface area contributed by atoms with Crippen molar-refractivity contribution in [1.29, 1.82) is 0 Å². The van der Waals surface area contributed by atoms with Crippen molar-refractivity contribution in [2.75, 3.05) is 18.5 Å². The summed E-state index contributed by atoms with van der Waals surface area (Å²) >= 11 is 0. The normalized spacial score (nSPS) is 11.6. The number of halogens is 3. The third kappa shape index (κ3) is 4.59. The molecule has 0 radical (unpaired) electrons. The molecule has 142 valence electrons. The fourth-order valence-corrected chi connectivity index (χ4v) is 2.73. The molecule has 0 spiro atoms. The Morgan fingerprint density at radius 1 is 1.11 bits per heavy atom. The van der Waals surface area contributed by atoms with Crippen molar-refractivity contribution in [3.8, 4) is 17.0 Å². The highest BCUT2D eigenvalue weighted by Gasteiger charge is 2.32. The van der Waals surface area contributed by atoms with Crippen molar-refractivity contribution in [3.05, 3.63) is 58.9 Å². The van der Waals surface area contributed by atoms with Gasteiger partial charge in [-0.2, -0.15) is 0 Å². The summed E-state index contributed by atoms with van der Waals surface area (Å²) in [4.78, 5) is 15.1. The van der Waals surface area contributed by atoms with E-state index in [0.717, 1.165) is 5.69 Å². The average Bonchev–Trinajstić information content (AvgIpc) is 2.61. The van der Waals surface area contributed by atoms with Gasteiger partial charge in [-0.15, -0.1) is 13.2 Å². The summed E-state index contributed by atoms with van der Waals surface area (Å²) in [6.07, 6.45) is -4.26. The molecular weight excluding hydrogens is 361 g/mol. The van der Waals surface area contributed by atoms with E-state index in [0.29, 0.717) is 23.7 Å². The molecule has 0 bridgehead atoms. The number of para-hydroxylation sites is 1. The molecule has 3 rings (SSSR count). The lowest BCUT2D eigenvalue weighted by molar-refractivity contribution is -0.274. The van der Waals surface area contributed by atoms with E-state index >= 15 is 0 Å². The molecule has 1 heterocycles. The van der Waals surface area contributed by atoms with Crippen LogP contribution >= 0.6 is 0 Å². The maximum atomic E-state index is 12.6. The average molecular weight is 378 g/mol. The van der Waals surface area contributed by atoms with E-state index in [-0.39, 0.29) is 23.6 Å². The fraction of sp³-hybridized carbons (Fsp3) is 0.211. The lowest BCUT2D eigenvalue weighted by atomic mass is 10.1. The van der Waals surface area contributed by atoms with Crippen LogP contribution in [0.25, 0.3) is 22.0 Å². The SMILES string of the molecule is O=c1[nH]c(-c2ccccc2OC(F)(F)F)cc2ccc(NCCCO)cc12. The Hall–Kier alpha value is -3.00. The van der Waals surface area contributed by atoms with Gasteiger partial charge < -0.3 is 20.1 Å². The van der Waals surface area contributed by atoms with Crippen LogP contribution in [0.2, 0.25) is 0 Å². The van der Waals surface area contributed by atoms with E-state index in [1.54, 1.807) is 30.3 Å². The number of hydrogen-bond acceptors (Lipinski definition) is 4. The highest BCUT2D eigenvalue weighted by Crippen LogP contribution is 2.33. The summed E-state index contributed by atoms with van der Waals surface area (Å²) in [5.74, 6) is -0.387. The third-order valence-electron chi connectivity index (χ3n) is 3.91. The molecule has 0 unspecified atom stereocenters. The molecule has 3 N–H and O–H groups in total. The molecule has 0 atom stereocenters. The van der Waals surface area contributed by atoms with Gasteiger partial charge in [-0.1, -0.05) is 18.2 Å². The van der Waals surface area contributed by atoms with Crippen LogP contribution in [0.5, 0.6) is 5.75 Å². The minimum absolute atomic E-state index is 0.0595. The summed E-state index contributed by atoms with van der Waals surface area (Å²) in [5.41, 5.74) is 0.664. The number of aromatic nitrogens is 1. The standard InChI is InChI=1S/C19H17F3N2O3/c20-19(21,22)27-17-5-2-1-4-14(17)16-10-12-6-7-13(23-8-3-9-25)11-15(12)18(26)24-16/h1-2,4-7,10-11,23,25H,3,8-9H2,(H,24,26). The van der Waals surface area contributed by atoms with Crippen LogP contribution in [0.4, 0.5) is 18.9 Å². The zero-order chi connectivity index (χ0) is 19.4. The van der Waals surface area contributed by atoms with E-state index < -0.39 is 11.9 Å². The van der Waals surface area contributed by atoms with Crippen molar-refractivity contribution in [3.63, 3.8) is 0 Å². The molecule has 0 aliphatic rings. The number of rotatable bonds is 6. The Balaban J connectivity index is 2.00. The van der Waals surface area contributed by atoms with Crippen molar-refractivity contribution in [2.45, 2.75) is 12.8 Å². The van der Waals surface area contributed by atoms with Crippen LogP contribution in [-0.2, 0) is 0 Å². The number of nitrogens with one attached hydrogen (secondary N) is 2. The number of aliphatic hydroxyl groups excluding tert-OH is 1. The largest absolute Gasteiger partial charge is 0.573 e. The first-order valence-electron chi connectivity index (χ1n) is 8.24. The predicted octanol–water partition coefficient (Wildman–Crippen LogP) is 3.89. The molecular formula is C19H17F3N2O3. The minimum Gasteiger partial charge on any atom is -0.405 e. The summed E-state index contributed by atoms with van der Waals surface area (Å²) in [7, 11) is 0. The fourth-order valence-electron chi connectivity index (χ4n) is 2.73. The van der Waals surface area contributed by atoms with Crippen molar-refractivity contribution < 1.29 is 23.0 Å². The smallest absolute Gasteiger partial charge is 0.405 e. The highest BCUT2D eigenvalue weighted by atomic mass is 19.4. The lowest BCUT2D eigenvalue weighted by Crippen LogP contribution is -2.18. The Morgan fingerprint density at radius 2 is 1.89 bits per heavy atom. The van der Waals surface area contributed by atoms with E-state index in [9.17, 15) is 18.0 Å². The third-order valence-corrected chi connectivity index (χ3v) is 3.91. The number of aromatic amines is 1. The van der Waals surface area contributed by atoms with Crippen molar-refractivity contribution >= 4 is 16.5 Å². The second-order valence-corrected chi connectivity index (χ2v) is 5.86. The van der Waals surface area contributed by atoms with Gasteiger partial charge in [0.05, 0.1) is 5.69 Å². The summed E-state index contributed by atoms with van der Waals surface area (Å²) in [6.45, 7) is 0.615. The number of ether oxygens (including phenoxy) is 1. The van der Waals surface area contributed by atoms with Gasteiger partial charge in [0.2, 0.25) is 0 Å². The van der Waals surface area contributed by atoms with Gasteiger partial charge in [-0.25, -0.2) is 0 Å². The second kappa shape index (κ2) is 7.71. The number of fused-ring (bicyclic) bond motifs is 1. The maximum absolute atomic E-state index is 12.6. The molecule has 1 aromatic heterocycles. The van der Waals surface area contributed by atoms with Gasteiger partial charge in [0.15, 0.2) is 0 Å². The maximum Gasteiger partial charge on any atom is 0.573 e. The zero-order valence-electron chi connectivity index (χ0n) is 14.1. The van der Waals surface area contributed by atoms with Crippen molar-refractivity contribution in [1.82, 2.24) is 4.98 Å². The van der Waals surface area contributed by atoms with E-state index in [2.05, 4.69) is 15.0 Å². The molecule has 2 aromatic carbocycles. The molecule has 3 aromatic rings. The molecule has 27 heavy (non-hydrogen) atoms. The predicted molar refractivity (Wildman–Crippen MR) is 96.9 cm³/mol. The molecule has 0 aliphatic heterocycles. The molecule has 0 saturated heterocycles. The minimum atomic E-state index is -4.83. The summed E-state index contributed by atoms with van der Waals surface area (Å²) in [5, 5.41) is 12.9. The van der Waals surface area contributed by atoms with Crippen LogP contribution in [0.3, 0.4) is 0 Å². The van der Waals surface area contributed by atoms with E-state index in [1.165, 1.54) is 18.2 Å². The zero-order valence-corrected chi connectivity index (χ0v) is 14.1. The number of alkyl halides is 3. The monoisotopic (exact) mass is 378 g/mol. The molecule has 0 saturated carbocycles. The Kier molecular flexibility index (Phi) is 5.36. The number of aliphatic hydroxyl groups is 1. The lowest BCUT2D eigenvalue weighted by Gasteiger charge is -2.13. The van der Waals surface area contributed by atoms with E-state index in [1.807, 2.05) is 0 Å². The first-order chi connectivity index (χ1) is 12.9. The first kappa shape index (κ1) is 18.8. The Morgan fingerprint density at radius 3 is 2.63 bits per heavy atom. The topological polar surface area (TPSA) is 74.4 Å². The van der Waals surface area contributed by atoms with Gasteiger partial charge in [-0.3, -0.25) is 4.79 Å². The van der Waals surface area contributed by atoms with Crippen LogP contribution < -0.4 is 15.6 Å². The molecule has 0 fully saturated rings. The number of pyridine rings is 1. The van der Waals surface area contributed by atoms with Crippen LogP contribution in [0.1, 0.15) is 6.42 Å². The van der Waals surface area contributed by atoms with Crippen LogP contribution in [-0.4, -0.2) is 29.6 Å². The van der Waals surface area contributed by atoms with Gasteiger partial charge in [0.25, 0.3) is 5.56 Å². The van der Waals surface area contributed by atoms with Crippen LogP contribution in [0, 0.1) is 0 Å². The Bertz CT molecular complexity index is 999. The number of H-pyrrole nitrogens is 1. The summed E-state index contributed by atoms with van der Waals surface area (Å²) in [6, 6.07) is 12.4. The van der Waals surface area contributed by atoms with Gasteiger partial charge >= 0.3 is 6.36 Å². The highest BCUT2D eigenvalue weighted by molar-refractivity contribution is 5.88. The quantitative estimate of drug-likeness (QED) is 0.569. The van der Waals surface area contributed by atoms with Crippen LogP contribution in [0.15, 0.2) is 53.3 Å². The Labute approximate surface area is 152 Å². The van der Waals surface area contributed by atoms with E-state index in [4.69, 9.17) is 5.11 Å². The van der Waals surface area contributed by atoms with Gasteiger partial charge in [0, 0.05) is 29.8 Å². The molecule has 8 heteroatoms. The van der Waals surface area contributed by atoms with Gasteiger partial charge in [-0.05, 0) is 42.1 Å². The number of benzene rings is 2. The first-order valence-corrected chi connectivity index (χ1v) is 8.24.